The van der Waals surface area contributed by atoms with Gasteiger partial charge in [0, 0.05) is 4.88 Å². The van der Waals surface area contributed by atoms with Crippen LogP contribution in [0.3, 0.4) is 0 Å². The smallest absolute Gasteiger partial charge is 0.307 e. The van der Waals surface area contributed by atoms with Gasteiger partial charge in [-0.25, -0.2) is 0 Å². The first kappa shape index (κ1) is 13.8. The molecule has 1 unspecified atom stereocenters. The van der Waals surface area contributed by atoms with Crippen LogP contribution in [-0.4, -0.2) is 17.0 Å². The molecule has 2 aromatic rings. The van der Waals surface area contributed by atoms with E-state index < -0.39 is 17.8 Å². The minimum atomic E-state index is -0.887. The van der Waals surface area contributed by atoms with Gasteiger partial charge in [-0.05, 0) is 23.4 Å². The van der Waals surface area contributed by atoms with Gasteiger partial charge < -0.3 is 10.4 Å². The first-order valence-electron chi connectivity index (χ1n) is 6.78. The summed E-state index contributed by atoms with van der Waals surface area (Å²) in [4.78, 5) is 24.2. The van der Waals surface area contributed by atoms with Crippen molar-refractivity contribution in [2.45, 2.75) is 12.5 Å². The lowest BCUT2D eigenvalue weighted by Crippen LogP contribution is -2.31. The van der Waals surface area contributed by atoms with Crippen molar-refractivity contribution in [1.29, 1.82) is 0 Å². The SMILES string of the molecule is O=C(O)[C@H]1C[C@H]1C(=O)NC(c1ccccc1)c1cccs1. The van der Waals surface area contributed by atoms with E-state index in [2.05, 4.69) is 5.32 Å². The predicted octanol–water partition coefficient (Wildman–Crippen LogP) is 2.67. The molecule has 21 heavy (non-hydrogen) atoms. The Bertz CT molecular complexity index is 639. The molecule has 4 nitrogen and oxygen atoms in total. The Morgan fingerprint density at radius 3 is 2.48 bits per heavy atom. The molecule has 1 amide bonds. The normalized spacial score (nSPS) is 21.5. The lowest BCUT2D eigenvalue weighted by molar-refractivity contribution is -0.140. The van der Waals surface area contributed by atoms with Gasteiger partial charge in [-0.2, -0.15) is 0 Å². The molecular weight excluding hydrogens is 286 g/mol. The maximum Gasteiger partial charge on any atom is 0.307 e. The average molecular weight is 301 g/mol. The average Bonchev–Trinajstić information content (AvgIpc) is 3.13. The molecule has 1 aromatic heterocycles. The van der Waals surface area contributed by atoms with Gasteiger partial charge in [0.05, 0.1) is 17.9 Å². The van der Waals surface area contributed by atoms with Crippen molar-refractivity contribution in [2.75, 3.05) is 0 Å². The summed E-state index contributed by atoms with van der Waals surface area (Å²) in [5, 5.41) is 13.9. The summed E-state index contributed by atoms with van der Waals surface area (Å²) in [5.74, 6) is -1.98. The molecule has 1 fully saturated rings. The second-order valence-corrected chi connectivity index (χ2v) is 6.13. The topological polar surface area (TPSA) is 66.4 Å². The van der Waals surface area contributed by atoms with Crippen LogP contribution in [0.2, 0.25) is 0 Å². The van der Waals surface area contributed by atoms with E-state index in [-0.39, 0.29) is 11.9 Å². The largest absolute Gasteiger partial charge is 0.481 e. The van der Waals surface area contributed by atoms with Gasteiger partial charge in [-0.15, -0.1) is 11.3 Å². The maximum atomic E-state index is 12.2. The number of carboxylic acids is 1. The van der Waals surface area contributed by atoms with Crippen LogP contribution >= 0.6 is 11.3 Å². The number of rotatable bonds is 5. The molecule has 2 N–H and O–H groups in total. The predicted molar refractivity (Wildman–Crippen MR) is 80.0 cm³/mol. The number of carbonyl (C=O) groups is 2. The van der Waals surface area contributed by atoms with Gasteiger partial charge in [-0.3, -0.25) is 9.59 Å². The highest BCUT2D eigenvalue weighted by Gasteiger charge is 2.48. The Hall–Kier alpha value is -2.14. The second kappa shape index (κ2) is 5.69. The highest BCUT2D eigenvalue weighted by atomic mass is 32.1. The van der Waals surface area contributed by atoms with E-state index in [9.17, 15) is 9.59 Å². The summed E-state index contributed by atoms with van der Waals surface area (Å²) in [6.07, 6.45) is 0.438. The van der Waals surface area contributed by atoms with Crippen molar-refractivity contribution in [2.24, 2.45) is 11.8 Å². The summed E-state index contributed by atoms with van der Waals surface area (Å²) in [5.41, 5.74) is 1.00. The third-order valence-corrected chi connectivity index (χ3v) is 4.63. The van der Waals surface area contributed by atoms with Gasteiger partial charge in [0.2, 0.25) is 5.91 Å². The van der Waals surface area contributed by atoms with Crippen LogP contribution in [0.15, 0.2) is 47.8 Å². The van der Waals surface area contributed by atoms with E-state index in [0.717, 1.165) is 10.4 Å². The number of aliphatic carboxylic acids is 1. The van der Waals surface area contributed by atoms with Gasteiger partial charge in [0.1, 0.15) is 0 Å². The Balaban J connectivity index is 1.78. The molecular formula is C16H15NO3S. The second-order valence-electron chi connectivity index (χ2n) is 5.15. The molecule has 0 spiro atoms. The van der Waals surface area contributed by atoms with E-state index in [0.29, 0.717) is 6.42 Å². The zero-order chi connectivity index (χ0) is 14.8. The van der Waals surface area contributed by atoms with Crippen LogP contribution in [-0.2, 0) is 9.59 Å². The van der Waals surface area contributed by atoms with E-state index in [1.807, 2.05) is 47.8 Å². The number of hydrogen-bond acceptors (Lipinski definition) is 3. The van der Waals surface area contributed by atoms with Gasteiger partial charge >= 0.3 is 5.97 Å². The van der Waals surface area contributed by atoms with Gasteiger partial charge in [0.25, 0.3) is 0 Å². The maximum absolute atomic E-state index is 12.2. The molecule has 5 heteroatoms. The minimum absolute atomic E-state index is 0.176. The van der Waals surface area contributed by atoms with Crippen LogP contribution in [0.1, 0.15) is 22.9 Å². The Morgan fingerprint density at radius 1 is 1.14 bits per heavy atom. The van der Waals surface area contributed by atoms with E-state index in [1.165, 1.54) is 0 Å². The molecule has 1 aromatic carbocycles. The molecule has 0 radical (unpaired) electrons. The fourth-order valence-electron chi connectivity index (χ4n) is 2.43. The van der Waals surface area contributed by atoms with E-state index in [4.69, 9.17) is 5.11 Å². The lowest BCUT2D eigenvalue weighted by Gasteiger charge is -2.18. The lowest BCUT2D eigenvalue weighted by atomic mass is 10.1. The summed E-state index contributed by atoms with van der Waals surface area (Å²) >= 11 is 1.58. The van der Waals surface area contributed by atoms with Crippen molar-refractivity contribution in [3.8, 4) is 0 Å². The van der Waals surface area contributed by atoms with Crippen LogP contribution in [0.4, 0.5) is 0 Å². The van der Waals surface area contributed by atoms with Crippen molar-refractivity contribution in [3.05, 3.63) is 58.3 Å². The number of nitrogens with one attached hydrogen (secondary N) is 1. The third-order valence-electron chi connectivity index (χ3n) is 3.69. The van der Waals surface area contributed by atoms with E-state index in [1.54, 1.807) is 11.3 Å². The fraction of sp³-hybridized carbons (Fsp3) is 0.250. The Labute approximate surface area is 126 Å². The molecule has 1 aliphatic rings. The van der Waals surface area contributed by atoms with Gasteiger partial charge in [0.15, 0.2) is 0 Å². The van der Waals surface area contributed by atoms with Crippen LogP contribution < -0.4 is 5.32 Å². The summed E-state index contributed by atoms with van der Waals surface area (Å²) in [6, 6.07) is 13.4. The summed E-state index contributed by atoms with van der Waals surface area (Å²) < 4.78 is 0. The quantitative estimate of drug-likeness (QED) is 0.892. The molecule has 3 atom stereocenters. The zero-order valence-electron chi connectivity index (χ0n) is 11.2. The highest BCUT2D eigenvalue weighted by Crippen LogP contribution is 2.39. The number of carboxylic acid groups (broad SMARTS) is 1. The number of thiophene rings is 1. The van der Waals surface area contributed by atoms with E-state index >= 15 is 0 Å². The molecule has 0 aliphatic heterocycles. The highest BCUT2D eigenvalue weighted by molar-refractivity contribution is 7.10. The molecule has 0 bridgehead atoms. The van der Waals surface area contributed by atoms with Gasteiger partial charge in [-0.1, -0.05) is 36.4 Å². The monoisotopic (exact) mass is 301 g/mol. The molecule has 1 aliphatic carbocycles. The summed E-state index contributed by atoms with van der Waals surface area (Å²) in [7, 11) is 0. The van der Waals surface area contributed by atoms with Crippen molar-refractivity contribution in [1.82, 2.24) is 5.32 Å². The van der Waals surface area contributed by atoms with Crippen molar-refractivity contribution < 1.29 is 14.7 Å². The zero-order valence-corrected chi connectivity index (χ0v) is 12.0. The first-order chi connectivity index (χ1) is 10.2. The van der Waals surface area contributed by atoms with Crippen LogP contribution in [0.25, 0.3) is 0 Å². The van der Waals surface area contributed by atoms with Crippen molar-refractivity contribution in [3.63, 3.8) is 0 Å². The molecule has 1 heterocycles. The summed E-state index contributed by atoms with van der Waals surface area (Å²) in [6.45, 7) is 0. The first-order valence-corrected chi connectivity index (χ1v) is 7.66. The molecule has 1 saturated carbocycles. The van der Waals surface area contributed by atoms with Crippen molar-refractivity contribution >= 4 is 23.2 Å². The number of hydrogen-bond donors (Lipinski definition) is 2. The fourth-order valence-corrected chi connectivity index (χ4v) is 3.23. The number of carbonyl (C=O) groups excluding carboxylic acids is 1. The molecule has 108 valence electrons. The van der Waals surface area contributed by atoms with Crippen LogP contribution in [0, 0.1) is 11.8 Å². The minimum Gasteiger partial charge on any atom is -0.481 e. The Kier molecular flexibility index (Phi) is 3.75. The molecule has 0 saturated heterocycles. The van der Waals surface area contributed by atoms with Crippen LogP contribution in [0.5, 0.6) is 0 Å². The number of benzene rings is 1. The number of amides is 1. The molecule has 3 rings (SSSR count). The standard InChI is InChI=1S/C16H15NO3S/c18-15(11-9-12(11)16(19)20)17-14(13-7-4-8-21-13)10-5-2-1-3-6-10/h1-8,11-12,14H,9H2,(H,17,18)(H,19,20)/t11-,12+,14?/m1/s1. The third kappa shape index (κ3) is 2.97. The Morgan fingerprint density at radius 2 is 1.90 bits per heavy atom.